The van der Waals surface area contributed by atoms with Crippen LogP contribution in [0.2, 0.25) is 0 Å². The number of hydrogen-bond donors (Lipinski definition) is 1. The maximum Gasteiger partial charge on any atom is 0.0589 e. The van der Waals surface area contributed by atoms with Gasteiger partial charge in [-0.2, -0.15) is 0 Å². The van der Waals surface area contributed by atoms with Gasteiger partial charge in [0.25, 0.3) is 0 Å². The van der Waals surface area contributed by atoms with Crippen LogP contribution in [0.1, 0.15) is 31.9 Å². The molecule has 3 nitrogen and oxygen atoms in total. The Kier molecular flexibility index (Phi) is 8.51. The lowest BCUT2D eigenvalue weighted by Gasteiger charge is -2.24. The van der Waals surface area contributed by atoms with E-state index >= 15 is 0 Å². The Morgan fingerprint density at radius 3 is 2.35 bits per heavy atom. The Labute approximate surface area is 124 Å². The highest BCUT2D eigenvalue weighted by Gasteiger charge is 2.08. The van der Waals surface area contributed by atoms with Crippen molar-refractivity contribution in [2.45, 2.75) is 33.9 Å². The third-order valence-electron chi connectivity index (χ3n) is 3.24. The SMILES string of the molecule is CCNCc1ccc(CN(CCOC)CC(C)C)cc1. The van der Waals surface area contributed by atoms with Crippen LogP contribution < -0.4 is 5.32 Å². The van der Waals surface area contributed by atoms with Gasteiger partial charge >= 0.3 is 0 Å². The van der Waals surface area contributed by atoms with E-state index in [1.807, 2.05) is 0 Å². The minimum atomic E-state index is 0.680. The molecule has 0 aliphatic rings. The summed E-state index contributed by atoms with van der Waals surface area (Å²) in [5.41, 5.74) is 2.73. The van der Waals surface area contributed by atoms with Crippen LogP contribution in [0.3, 0.4) is 0 Å². The largest absolute Gasteiger partial charge is 0.383 e. The molecule has 0 aliphatic carbocycles. The van der Waals surface area contributed by atoms with Gasteiger partial charge in [0.1, 0.15) is 0 Å². The molecule has 114 valence electrons. The van der Waals surface area contributed by atoms with Crippen molar-refractivity contribution < 1.29 is 4.74 Å². The van der Waals surface area contributed by atoms with E-state index in [9.17, 15) is 0 Å². The first-order chi connectivity index (χ1) is 9.65. The molecule has 0 heterocycles. The van der Waals surface area contributed by atoms with Gasteiger partial charge in [0, 0.05) is 33.3 Å². The number of methoxy groups -OCH3 is 1. The molecule has 0 amide bonds. The molecule has 0 spiro atoms. The Hall–Kier alpha value is -0.900. The molecule has 1 N–H and O–H groups in total. The smallest absolute Gasteiger partial charge is 0.0589 e. The van der Waals surface area contributed by atoms with E-state index in [4.69, 9.17) is 4.74 Å². The molecule has 1 rings (SSSR count). The van der Waals surface area contributed by atoms with Crippen LogP contribution in [-0.4, -0.2) is 38.3 Å². The molecule has 3 heteroatoms. The van der Waals surface area contributed by atoms with E-state index in [0.29, 0.717) is 5.92 Å². The van der Waals surface area contributed by atoms with E-state index in [1.54, 1.807) is 7.11 Å². The van der Waals surface area contributed by atoms with Crippen LogP contribution in [0.5, 0.6) is 0 Å². The number of ether oxygens (including phenoxy) is 1. The van der Waals surface area contributed by atoms with E-state index in [1.165, 1.54) is 11.1 Å². The zero-order valence-electron chi connectivity index (χ0n) is 13.5. The third-order valence-corrected chi connectivity index (χ3v) is 3.24. The van der Waals surface area contributed by atoms with Crippen molar-refractivity contribution in [3.63, 3.8) is 0 Å². The monoisotopic (exact) mass is 278 g/mol. The van der Waals surface area contributed by atoms with Crippen LogP contribution in [0.25, 0.3) is 0 Å². The van der Waals surface area contributed by atoms with E-state index in [-0.39, 0.29) is 0 Å². The highest BCUT2D eigenvalue weighted by Crippen LogP contribution is 2.09. The maximum absolute atomic E-state index is 5.21. The van der Waals surface area contributed by atoms with E-state index in [0.717, 1.165) is 39.3 Å². The Morgan fingerprint density at radius 2 is 1.80 bits per heavy atom. The minimum Gasteiger partial charge on any atom is -0.383 e. The first-order valence-corrected chi connectivity index (χ1v) is 7.65. The highest BCUT2D eigenvalue weighted by atomic mass is 16.5. The van der Waals surface area contributed by atoms with Crippen molar-refractivity contribution in [1.82, 2.24) is 10.2 Å². The second kappa shape index (κ2) is 9.92. The van der Waals surface area contributed by atoms with Gasteiger partial charge in [-0.05, 0) is 23.6 Å². The molecule has 0 aliphatic heterocycles. The fourth-order valence-corrected chi connectivity index (χ4v) is 2.26. The summed E-state index contributed by atoms with van der Waals surface area (Å²) in [7, 11) is 1.77. The molecule has 0 unspecified atom stereocenters. The molecule has 20 heavy (non-hydrogen) atoms. The Morgan fingerprint density at radius 1 is 1.15 bits per heavy atom. The minimum absolute atomic E-state index is 0.680. The van der Waals surface area contributed by atoms with Crippen LogP contribution in [0, 0.1) is 5.92 Å². The number of nitrogens with zero attached hydrogens (tertiary/aromatic N) is 1. The van der Waals surface area contributed by atoms with Crippen molar-refractivity contribution in [3.8, 4) is 0 Å². The first-order valence-electron chi connectivity index (χ1n) is 7.65. The van der Waals surface area contributed by atoms with Gasteiger partial charge in [-0.3, -0.25) is 4.90 Å². The Bertz CT molecular complexity index is 349. The summed E-state index contributed by atoms with van der Waals surface area (Å²) in [6.07, 6.45) is 0. The quantitative estimate of drug-likeness (QED) is 0.712. The second-order valence-electron chi connectivity index (χ2n) is 5.72. The van der Waals surface area contributed by atoms with Crippen LogP contribution in [-0.2, 0) is 17.8 Å². The van der Waals surface area contributed by atoms with Gasteiger partial charge in [-0.1, -0.05) is 45.0 Å². The van der Waals surface area contributed by atoms with Gasteiger partial charge < -0.3 is 10.1 Å². The molecule has 0 bridgehead atoms. The average molecular weight is 278 g/mol. The summed E-state index contributed by atoms with van der Waals surface area (Å²) in [5, 5.41) is 3.35. The normalized spacial score (nSPS) is 11.5. The van der Waals surface area contributed by atoms with Crippen molar-refractivity contribution >= 4 is 0 Å². The van der Waals surface area contributed by atoms with Crippen LogP contribution in [0.4, 0.5) is 0 Å². The number of rotatable bonds is 10. The molecule has 0 aromatic heterocycles. The van der Waals surface area contributed by atoms with Crippen LogP contribution >= 0.6 is 0 Å². The summed E-state index contributed by atoms with van der Waals surface area (Å²) in [6, 6.07) is 8.93. The van der Waals surface area contributed by atoms with Gasteiger partial charge in [-0.15, -0.1) is 0 Å². The molecule has 0 saturated heterocycles. The maximum atomic E-state index is 5.21. The lowest BCUT2D eigenvalue weighted by atomic mass is 10.1. The molecule has 1 aromatic rings. The predicted molar refractivity (Wildman–Crippen MR) is 85.8 cm³/mol. The first kappa shape index (κ1) is 17.2. The summed E-state index contributed by atoms with van der Waals surface area (Å²) in [4.78, 5) is 2.47. The highest BCUT2D eigenvalue weighted by molar-refractivity contribution is 5.22. The molecule has 1 aromatic carbocycles. The third kappa shape index (κ3) is 7.04. The number of nitrogens with one attached hydrogen (secondary N) is 1. The molecule has 0 fully saturated rings. The van der Waals surface area contributed by atoms with Crippen molar-refractivity contribution in [1.29, 1.82) is 0 Å². The fourth-order valence-electron chi connectivity index (χ4n) is 2.26. The molecule has 0 radical (unpaired) electrons. The van der Waals surface area contributed by atoms with Gasteiger partial charge in [0.2, 0.25) is 0 Å². The lowest BCUT2D eigenvalue weighted by Crippen LogP contribution is -2.30. The van der Waals surface area contributed by atoms with Crippen LogP contribution in [0.15, 0.2) is 24.3 Å². The molecular formula is C17H30N2O. The lowest BCUT2D eigenvalue weighted by molar-refractivity contribution is 0.136. The van der Waals surface area contributed by atoms with Crippen molar-refractivity contribution in [2.75, 3.05) is 33.4 Å². The second-order valence-corrected chi connectivity index (χ2v) is 5.72. The zero-order valence-corrected chi connectivity index (χ0v) is 13.5. The van der Waals surface area contributed by atoms with Crippen molar-refractivity contribution in [3.05, 3.63) is 35.4 Å². The predicted octanol–water partition coefficient (Wildman–Crippen LogP) is 2.90. The molecular weight excluding hydrogens is 248 g/mol. The standard InChI is InChI=1S/C17H30N2O/c1-5-18-12-16-6-8-17(9-7-16)14-19(10-11-20-4)13-15(2)3/h6-9,15,18H,5,10-14H2,1-4H3. The Balaban J connectivity index is 2.53. The van der Waals surface area contributed by atoms with Gasteiger partial charge in [0.05, 0.1) is 6.61 Å². The molecule has 0 atom stereocenters. The van der Waals surface area contributed by atoms with Gasteiger partial charge in [-0.25, -0.2) is 0 Å². The topological polar surface area (TPSA) is 24.5 Å². The average Bonchev–Trinajstić information content (AvgIpc) is 2.43. The van der Waals surface area contributed by atoms with Crippen molar-refractivity contribution in [2.24, 2.45) is 5.92 Å². The summed E-state index contributed by atoms with van der Waals surface area (Å²) in [6.45, 7) is 12.5. The summed E-state index contributed by atoms with van der Waals surface area (Å²) >= 11 is 0. The number of benzene rings is 1. The fraction of sp³-hybridized carbons (Fsp3) is 0.647. The van der Waals surface area contributed by atoms with E-state index in [2.05, 4.69) is 55.3 Å². The molecule has 0 saturated carbocycles. The zero-order chi connectivity index (χ0) is 14.8. The summed E-state index contributed by atoms with van der Waals surface area (Å²) < 4.78 is 5.21. The summed E-state index contributed by atoms with van der Waals surface area (Å²) in [5.74, 6) is 0.680. The van der Waals surface area contributed by atoms with E-state index < -0.39 is 0 Å². The van der Waals surface area contributed by atoms with Gasteiger partial charge in [0.15, 0.2) is 0 Å². The number of hydrogen-bond acceptors (Lipinski definition) is 3.